The number of aromatic nitrogens is 3. The Morgan fingerprint density at radius 2 is 1.85 bits per heavy atom. The zero-order chi connectivity index (χ0) is 18.6. The normalized spacial score (nSPS) is 13.5. The fraction of sp³-hybridized carbons (Fsp3) is 0.250. The van der Waals surface area contributed by atoms with Gasteiger partial charge in [-0.15, -0.1) is 10.2 Å². The molecular weight excluding hydrogens is 363 g/mol. The fourth-order valence-corrected chi connectivity index (χ4v) is 3.52. The Morgan fingerprint density at radius 1 is 1.11 bits per heavy atom. The molecule has 1 fully saturated rings. The summed E-state index contributed by atoms with van der Waals surface area (Å²) in [7, 11) is 0. The summed E-state index contributed by atoms with van der Waals surface area (Å²) in [5, 5.41) is 12.0. The van der Waals surface area contributed by atoms with Crippen LogP contribution in [0.25, 0.3) is 11.4 Å². The quantitative estimate of drug-likeness (QED) is 0.636. The zero-order valence-electron chi connectivity index (χ0n) is 14.6. The third kappa shape index (κ3) is 4.36. The van der Waals surface area contributed by atoms with Crippen molar-refractivity contribution in [1.29, 1.82) is 0 Å². The van der Waals surface area contributed by atoms with E-state index in [1.54, 1.807) is 18.2 Å². The molecule has 2 aromatic carbocycles. The van der Waals surface area contributed by atoms with Crippen molar-refractivity contribution in [3.63, 3.8) is 0 Å². The summed E-state index contributed by atoms with van der Waals surface area (Å²) in [6, 6.07) is 16.7. The van der Waals surface area contributed by atoms with Crippen LogP contribution in [0, 0.1) is 5.82 Å². The number of rotatable bonds is 7. The number of benzene rings is 2. The SMILES string of the molecule is O=C(CSc1nnc(-c2ccccc2F)n1Cc1ccccc1)NC1CC1. The summed E-state index contributed by atoms with van der Waals surface area (Å²) in [5.74, 6) is 0.370. The molecular formula is C20H19FN4OS. The molecule has 0 radical (unpaired) electrons. The lowest BCUT2D eigenvalue weighted by atomic mass is 10.2. The Morgan fingerprint density at radius 3 is 2.59 bits per heavy atom. The van der Waals surface area contributed by atoms with E-state index in [0.29, 0.717) is 29.1 Å². The van der Waals surface area contributed by atoms with Gasteiger partial charge in [-0.1, -0.05) is 54.2 Å². The van der Waals surface area contributed by atoms with Crippen LogP contribution >= 0.6 is 11.8 Å². The molecule has 138 valence electrons. The van der Waals surface area contributed by atoms with Crippen LogP contribution < -0.4 is 5.32 Å². The first-order valence-electron chi connectivity index (χ1n) is 8.85. The first-order chi connectivity index (χ1) is 13.2. The highest BCUT2D eigenvalue weighted by Gasteiger charge is 2.24. The summed E-state index contributed by atoms with van der Waals surface area (Å²) in [4.78, 5) is 12.0. The van der Waals surface area contributed by atoms with Crippen molar-refractivity contribution in [2.45, 2.75) is 30.6 Å². The Bertz CT molecular complexity index is 940. The topological polar surface area (TPSA) is 59.8 Å². The largest absolute Gasteiger partial charge is 0.353 e. The maximum atomic E-state index is 14.3. The predicted octanol–water partition coefficient (Wildman–Crippen LogP) is 3.50. The summed E-state index contributed by atoms with van der Waals surface area (Å²) in [6.45, 7) is 0.504. The smallest absolute Gasteiger partial charge is 0.230 e. The number of hydrogen-bond donors (Lipinski definition) is 1. The molecule has 1 aliphatic carbocycles. The number of carbonyl (C=O) groups excluding carboxylic acids is 1. The van der Waals surface area contributed by atoms with Crippen molar-refractivity contribution in [2.24, 2.45) is 0 Å². The molecule has 1 aromatic heterocycles. The van der Waals surface area contributed by atoms with E-state index >= 15 is 0 Å². The molecule has 0 bridgehead atoms. The molecule has 1 aliphatic rings. The van der Waals surface area contributed by atoms with Gasteiger partial charge < -0.3 is 5.32 Å². The Kier molecular flexibility index (Phi) is 5.20. The molecule has 1 N–H and O–H groups in total. The van der Waals surface area contributed by atoms with Crippen LogP contribution in [0.3, 0.4) is 0 Å². The Hall–Kier alpha value is -2.67. The highest BCUT2D eigenvalue weighted by molar-refractivity contribution is 7.99. The van der Waals surface area contributed by atoms with Crippen molar-refractivity contribution < 1.29 is 9.18 Å². The van der Waals surface area contributed by atoms with Crippen molar-refractivity contribution in [2.75, 3.05) is 5.75 Å². The number of halogens is 1. The molecule has 0 spiro atoms. The van der Waals surface area contributed by atoms with E-state index in [0.717, 1.165) is 18.4 Å². The first kappa shape index (κ1) is 17.7. The maximum absolute atomic E-state index is 14.3. The molecule has 5 nitrogen and oxygen atoms in total. The second-order valence-corrected chi connectivity index (χ2v) is 7.43. The molecule has 0 saturated heterocycles. The molecule has 27 heavy (non-hydrogen) atoms. The molecule has 0 aliphatic heterocycles. The minimum Gasteiger partial charge on any atom is -0.353 e. The molecule has 1 saturated carbocycles. The van der Waals surface area contributed by atoms with E-state index in [1.165, 1.54) is 17.8 Å². The van der Waals surface area contributed by atoms with Gasteiger partial charge in [-0.25, -0.2) is 4.39 Å². The average molecular weight is 382 g/mol. The van der Waals surface area contributed by atoms with Crippen molar-refractivity contribution in [1.82, 2.24) is 20.1 Å². The van der Waals surface area contributed by atoms with Crippen molar-refractivity contribution >= 4 is 17.7 Å². The van der Waals surface area contributed by atoms with Gasteiger partial charge in [0.15, 0.2) is 11.0 Å². The van der Waals surface area contributed by atoms with Gasteiger partial charge in [0.25, 0.3) is 0 Å². The molecule has 0 unspecified atom stereocenters. The molecule has 3 aromatic rings. The van der Waals surface area contributed by atoms with Gasteiger partial charge in [0, 0.05) is 6.04 Å². The molecule has 4 rings (SSSR count). The third-order valence-electron chi connectivity index (χ3n) is 4.29. The minimum absolute atomic E-state index is 0.01000. The summed E-state index contributed by atoms with van der Waals surface area (Å²) in [5.41, 5.74) is 1.45. The maximum Gasteiger partial charge on any atom is 0.230 e. The van der Waals surface area contributed by atoms with Gasteiger partial charge in [0.1, 0.15) is 5.82 Å². The van der Waals surface area contributed by atoms with Crippen molar-refractivity contribution in [3.8, 4) is 11.4 Å². The lowest BCUT2D eigenvalue weighted by Crippen LogP contribution is -2.27. The van der Waals surface area contributed by atoms with E-state index in [2.05, 4.69) is 15.5 Å². The average Bonchev–Trinajstić information content (AvgIpc) is 3.41. The lowest BCUT2D eigenvalue weighted by molar-refractivity contribution is -0.118. The monoisotopic (exact) mass is 382 g/mol. The van der Waals surface area contributed by atoms with E-state index in [9.17, 15) is 9.18 Å². The van der Waals surface area contributed by atoms with E-state index in [1.807, 2.05) is 34.9 Å². The van der Waals surface area contributed by atoms with Gasteiger partial charge in [-0.3, -0.25) is 9.36 Å². The van der Waals surface area contributed by atoms with E-state index < -0.39 is 0 Å². The van der Waals surface area contributed by atoms with Crippen LogP contribution in [0.2, 0.25) is 0 Å². The number of amides is 1. The molecule has 1 heterocycles. The number of nitrogens with zero attached hydrogens (tertiary/aromatic N) is 3. The van der Waals surface area contributed by atoms with Crippen LogP contribution in [-0.4, -0.2) is 32.5 Å². The van der Waals surface area contributed by atoms with Crippen LogP contribution in [0.4, 0.5) is 4.39 Å². The van der Waals surface area contributed by atoms with Gasteiger partial charge in [0.05, 0.1) is 17.9 Å². The number of nitrogens with one attached hydrogen (secondary N) is 1. The fourth-order valence-electron chi connectivity index (χ4n) is 2.77. The second-order valence-electron chi connectivity index (χ2n) is 6.49. The molecule has 0 atom stereocenters. The molecule has 7 heteroatoms. The zero-order valence-corrected chi connectivity index (χ0v) is 15.5. The number of thioether (sulfide) groups is 1. The van der Waals surface area contributed by atoms with E-state index in [4.69, 9.17) is 0 Å². The van der Waals surface area contributed by atoms with E-state index in [-0.39, 0.29) is 17.5 Å². The highest BCUT2D eigenvalue weighted by atomic mass is 32.2. The lowest BCUT2D eigenvalue weighted by Gasteiger charge is -2.11. The van der Waals surface area contributed by atoms with Crippen LogP contribution in [0.1, 0.15) is 18.4 Å². The Labute approximate surface area is 161 Å². The van der Waals surface area contributed by atoms with Gasteiger partial charge in [-0.05, 0) is 30.5 Å². The van der Waals surface area contributed by atoms with Gasteiger partial charge in [-0.2, -0.15) is 0 Å². The van der Waals surface area contributed by atoms with Crippen LogP contribution in [0.15, 0.2) is 59.8 Å². The van der Waals surface area contributed by atoms with Gasteiger partial charge in [0.2, 0.25) is 5.91 Å². The number of carbonyl (C=O) groups is 1. The summed E-state index contributed by atoms with van der Waals surface area (Å²) >= 11 is 1.32. The highest BCUT2D eigenvalue weighted by Crippen LogP contribution is 2.27. The van der Waals surface area contributed by atoms with Gasteiger partial charge >= 0.3 is 0 Å². The molecule has 1 amide bonds. The third-order valence-corrected chi connectivity index (χ3v) is 5.26. The van der Waals surface area contributed by atoms with Crippen LogP contribution in [-0.2, 0) is 11.3 Å². The number of hydrogen-bond acceptors (Lipinski definition) is 4. The van der Waals surface area contributed by atoms with Crippen molar-refractivity contribution in [3.05, 3.63) is 66.0 Å². The Balaban J connectivity index is 1.61. The summed E-state index contributed by atoms with van der Waals surface area (Å²) in [6.07, 6.45) is 2.11. The minimum atomic E-state index is -0.345. The standard InChI is InChI=1S/C20H19FN4OS/c21-17-9-5-4-8-16(17)19-23-24-20(27-13-18(26)22-15-10-11-15)25(19)12-14-6-2-1-3-7-14/h1-9,15H,10-13H2,(H,22,26). The summed E-state index contributed by atoms with van der Waals surface area (Å²) < 4.78 is 16.2. The second kappa shape index (κ2) is 7.92. The predicted molar refractivity (Wildman–Crippen MR) is 103 cm³/mol. The first-order valence-corrected chi connectivity index (χ1v) is 9.83. The van der Waals surface area contributed by atoms with Crippen LogP contribution in [0.5, 0.6) is 0 Å².